The Morgan fingerprint density at radius 1 is 1.10 bits per heavy atom. The molecule has 1 aliphatic heterocycles. The summed E-state index contributed by atoms with van der Waals surface area (Å²) in [6.45, 7) is 3.70. The Balaban J connectivity index is 1.26. The summed E-state index contributed by atoms with van der Waals surface area (Å²) in [5, 5.41) is 3.24. The van der Waals surface area contributed by atoms with Gasteiger partial charge in [0.25, 0.3) is 17.4 Å². The van der Waals surface area contributed by atoms with Gasteiger partial charge in [0.15, 0.2) is 11.6 Å². The Bertz CT molecular complexity index is 1070. The zero-order valence-electron chi connectivity index (χ0n) is 15.8. The molecule has 1 aromatic carbocycles. The average molecular weight is 395 g/mol. The SMILES string of the molecule is O=C(NCCN1CCN(C(=O)c2ccco2)CC1)c1nc2ccccc2c(=O)[nH]1. The number of carbonyl (C=O) groups is 2. The lowest BCUT2D eigenvalue weighted by Crippen LogP contribution is -2.50. The molecule has 0 radical (unpaired) electrons. The first-order valence-electron chi connectivity index (χ1n) is 9.44. The first kappa shape index (κ1) is 18.9. The minimum atomic E-state index is -0.417. The molecular formula is C20H21N5O4. The van der Waals surface area contributed by atoms with E-state index >= 15 is 0 Å². The van der Waals surface area contributed by atoms with Crippen molar-refractivity contribution in [3.63, 3.8) is 0 Å². The van der Waals surface area contributed by atoms with Crippen LogP contribution in [-0.4, -0.2) is 70.9 Å². The van der Waals surface area contributed by atoms with Crippen molar-refractivity contribution in [3.8, 4) is 0 Å². The minimum Gasteiger partial charge on any atom is -0.459 e. The van der Waals surface area contributed by atoms with E-state index in [9.17, 15) is 14.4 Å². The molecule has 0 bridgehead atoms. The van der Waals surface area contributed by atoms with Gasteiger partial charge in [-0.1, -0.05) is 12.1 Å². The number of fused-ring (bicyclic) bond motifs is 1. The summed E-state index contributed by atoms with van der Waals surface area (Å²) in [5.74, 6) is -0.168. The van der Waals surface area contributed by atoms with Gasteiger partial charge in [0, 0.05) is 39.3 Å². The van der Waals surface area contributed by atoms with E-state index in [0.717, 1.165) is 0 Å². The lowest BCUT2D eigenvalue weighted by Gasteiger charge is -2.34. The summed E-state index contributed by atoms with van der Waals surface area (Å²) in [4.78, 5) is 47.3. The molecule has 0 unspecified atom stereocenters. The van der Waals surface area contributed by atoms with E-state index in [1.165, 1.54) is 6.26 Å². The van der Waals surface area contributed by atoms with Gasteiger partial charge in [-0.25, -0.2) is 4.98 Å². The zero-order valence-corrected chi connectivity index (χ0v) is 15.8. The number of amides is 2. The smallest absolute Gasteiger partial charge is 0.289 e. The van der Waals surface area contributed by atoms with Crippen LogP contribution >= 0.6 is 0 Å². The summed E-state index contributed by atoms with van der Waals surface area (Å²) < 4.78 is 5.16. The second-order valence-electron chi connectivity index (χ2n) is 6.80. The van der Waals surface area contributed by atoms with Crippen LogP contribution in [0.3, 0.4) is 0 Å². The van der Waals surface area contributed by atoms with E-state index in [1.807, 2.05) is 0 Å². The highest BCUT2D eigenvalue weighted by Gasteiger charge is 2.23. The molecule has 2 amide bonds. The molecule has 0 aliphatic carbocycles. The summed E-state index contributed by atoms with van der Waals surface area (Å²) in [6, 6.07) is 10.2. The van der Waals surface area contributed by atoms with Gasteiger partial charge >= 0.3 is 0 Å². The summed E-state index contributed by atoms with van der Waals surface area (Å²) in [6.07, 6.45) is 1.49. The third kappa shape index (κ3) is 4.19. The molecule has 9 nitrogen and oxygen atoms in total. The maximum atomic E-state index is 12.3. The monoisotopic (exact) mass is 395 g/mol. The summed E-state index contributed by atoms with van der Waals surface area (Å²) in [5.41, 5.74) is 0.150. The fourth-order valence-electron chi connectivity index (χ4n) is 3.34. The van der Waals surface area contributed by atoms with Gasteiger partial charge in [-0.2, -0.15) is 0 Å². The predicted molar refractivity (Wildman–Crippen MR) is 106 cm³/mol. The number of nitrogens with zero attached hydrogens (tertiary/aromatic N) is 3. The zero-order chi connectivity index (χ0) is 20.2. The lowest BCUT2D eigenvalue weighted by atomic mass is 10.2. The van der Waals surface area contributed by atoms with Crippen LogP contribution in [0.5, 0.6) is 0 Å². The average Bonchev–Trinajstić information content (AvgIpc) is 3.28. The van der Waals surface area contributed by atoms with Crippen molar-refractivity contribution in [2.45, 2.75) is 0 Å². The van der Waals surface area contributed by atoms with Crippen LogP contribution in [0.25, 0.3) is 10.9 Å². The summed E-state index contributed by atoms with van der Waals surface area (Å²) in [7, 11) is 0. The van der Waals surface area contributed by atoms with Crippen molar-refractivity contribution >= 4 is 22.7 Å². The third-order valence-corrected chi connectivity index (χ3v) is 4.93. The number of aromatic amines is 1. The molecular weight excluding hydrogens is 374 g/mol. The van der Waals surface area contributed by atoms with Crippen molar-refractivity contribution in [1.29, 1.82) is 0 Å². The highest BCUT2D eigenvalue weighted by Crippen LogP contribution is 2.09. The van der Waals surface area contributed by atoms with Crippen molar-refractivity contribution in [3.05, 3.63) is 64.6 Å². The van der Waals surface area contributed by atoms with Crippen LogP contribution in [0.4, 0.5) is 0 Å². The van der Waals surface area contributed by atoms with E-state index in [4.69, 9.17) is 4.42 Å². The molecule has 1 fully saturated rings. The molecule has 2 aromatic heterocycles. The van der Waals surface area contributed by atoms with E-state index in [1.54, 1.807) is 41.3 Å². The first-order valence-corrected chi connectivity index (χ1v) is 9.44. The molecule has 2 N–H and O–H groups in total. The van der Waals surface area contributed by atoms with Gasteiger partial charge in [-0.15, -0.1) is 0 Å². The molecule has 0 atom stereocenters. The van der Waals surface area contributed by atoms with Crippen LogP contribution < -0.4 is 10.9 Å². The Kier molecular flexibility index (Phi) is 5.39. The van der Waals surface area contributed by atoms with E-state index in [2.05, 4.69) is 20.2 Å². The number of carbonyl (C=O) groups excluding carboxylic acids is 2. The van der Waals surface area contributed by atoms with Gasteiger partial charge < -0.3 is 19.6 Å². The van der Waals surface area contributed by atoms with Gasteiger partial charge in [0.1, 0.15) is 0 Å². The number of hydrogen-bond acceptors (Lipinski definition) is 6. The van der Waals surface area contributed by atoms with Crippen LogP contribution in [0.2, 0.25) is 0 Å². The second-order valence-corrected chi connectivity index (χ2v) is 6.80. The van der Waals surface area contributed by atoms with Crippen molar-refractivity contribution < 1.29 is 14.0 Å². The van der Waals surface area contributed by atoms with Crippen molar-refractivity contribution in [2.24, 2.45) is 0 Å². The number of benzene rings is 1. The lowest BCUT2D eigenvalue weighted by molar-refractivity contribution is 0.0607. The molecule has 4 rings (SSSR count). The Morgan fingerprint density at radius 2 is 1.90 bits per heavy atom. The van der Waals surface area contributed by atoms with Gasteiger partial charge in [-0.05, 0) is 24.3 Å². The highest BCUT2D eigenvalue weighted by atomic mass is 16.3. The molecule has 1 saturated heterocycles. The van der Waals surface area contributed by atoms with E-state index in [0.29, 0.717) is 55.9 Å². The number of rotatable bonds is 5. The predicted octanol–water partition coefficient (Wildman–Crippen LogP) is 0.704. The van der Waals surface area contributed by atoms with Gasteiger partial charge in [0.2, 0.25) is 0 Å². The Morgan fingerprint density at radius 3 is 2.66 bits per heavy atom. The number of H-pyrrole nitrogens is 1. The third-order valence-electron chi connectivity index (χ3n) is 4.93. The Labute approximate surface area is 166 Å². The second kappa shape index (κ2) is 8.27. The molecule has 0 spiro atoms. The number of piperazine rings is 1. The van der Waals surface area contributed by atoms with Gasteiger partial charge in [0.05, 0.1) is 17.2 Å². The Hall–Kier alpha value is -3.46. The number of para-hydroxylation sites is 1. The molecule has 150 valence electrons. The topological polar surface area (TPSA) is 112 Å². The van der Waals surface area contributed by atoms with Crippen LogP contribution in [-0.2, 0) is 0 Å². The minimum absolute atomic E-state index is 0.00237. The van der Waals surface area contributed by atoms with E-state index in [-0.39, 0.29) is 17.3 Å². The van der Waals surface area contributed by atoms with Crippen LogP contribution in [0.15, 0.2) is 51.9 Å². The fourth-order valence-corrected chi connectivity index (χ4v) is 3.34. The molecule has 3 heterocycles. The first-order chi connectivity index (χ1) is 14.1. The maximum absolute atomic E-state index is 12.3. The normalized spacial score (nSPS) is 14.8. The molecule has 0 saturated carbocycles. The molecule has 1 aliphatic rings. The highest BCUT2D eigenvalue weighted by molar-refractivity contribution is 5.92. The van der Waals surface area contributed by atoms with Crippen LogP contribution in [0, 0.1) is 0 Å². The number of nitrogens with one attached hydrogen (secondary N) is 2. The number of hydrogen-bond donors (Lipinski definition) is 2. The molecule has 29 heavy (non-hydrogen) atoms. The van der Waals surface area contributed by atoms with Crippen molar-refractivity contribution in [1.82, 2.24) is 25.1 Å². The van der Waals surface area contributed by atoms with Gasteiger partial charge in [-0.3, -0.25) is 19.3 Å². The quantitative estimate of drug-likeness (QED) is 0.658. The summed E-state index contributed by atoms with van der Waals surface area (Å²) >= 11 is 0. The molecule has 9 heteroatoms. The maximum Gasteiger partial charge on any atom is 0.289 e. The standard InChI is InChI=1S/C20H21N5O4/c26-18-14-4-1-2-5-15(14)22-17(23-18)19(27)21-7-8-24-9-11-25(12-10-24)20(28)16-6-3-13-29-16/h1-6,13H,7-12H2,(H,21,27)(H,22,23,26). The molecule has 3 aromatic rings. The fraction of sp³-hybridized carbons (Fsp3) is 0.300. The van der Waals surface area contributed by atoms with E-state index < -0.39 is 5.91 Å². The number of aromatic nitrogens is 2. The van der Waals surface area contributed by atoms with Crippen molar-refractivity contribution in [2.75, 3.05) is 39.3 Å². The largest absolute Gasteiger partial charge is 0.459 e. The van der Waals surface area contributed by atoms with Crippen LogP contribution in [0.1, 0.15) is 21.2 Å². The number of furan rings is 1.